The van der Waals surface area contributed by atoms with Gasteiger partial charge in [-0.2, -0.15) is 0 Å². The smallest absolute Gasteiger partial charge is 0.303 e. The number of nitrogens with one attached hydrogen (secondary N) is 2. The second-order valence-corrected chi connectivity index (χ2v) is 15.2. The van der Waals surface area contributed by atoms with Gasteiger partial charge in [0, 0.05) is 32.6 Å². The molecule has 3 amide bonds. The summed E-state index contributed by atoms with van der Waals surface area (Å²) in [6, 6.07) is 49.2. The number of amides is 3. The fraction of sp³-hybridized carbons (Fsp3) is 0.245. The number of carbonyl (C=O) groups excluding carboxylic acids is 3. The van der Waals surface area contributed by atoms with E-state index >= 15 is 0 Å². The van der Waals surface area contributed by atoms with Gasteiger partial charge in [-0.15, -0.1) is 0 Å². The minimum atomic E-state index is -1.06. The summed E-state index contributed by atoms with van der Waals surface area (Å²) in [6.45, 7) is 2.25. The molecule has 6 aromatic rings. The summed E-state index contributed by atoms with van der Waals surface area (Å²) in [5.74, 6) is -0.505. The quantitative estimate of drug-likeness (QED) is 0.0454. The lowest BCUT2D eigenvalue weighted by Crippen LogP contribution is -2.36. The number of carboxylic acid groups (broad SMARTS) is 1. The number of hydrogen-bond acceptors (Lipinski definition) is 8. The molecule has 0 saturated carbocycles. The van der Waals surface area contributed by atoms with Gasteiger partial charge in [0.15, 0.2) is 23.0 Å². The standard InChI is InChI=1S/C53H55N3O9/c57-48(30-31-49(58)59)56(35-17-33-55-53(61)45-27-16-29-47(63-37-41-20-7-2-8-21-41)51(45)65-39-43-24-11-4-12-25-43)34-14-13-32-54-52(60)44-26-15-28-46(62-36-40-18-5-1-6-19-40)50(44)64-38-42-22-9-3-10-23-42/h1-12,15-16,18-29H,13-14,17,30-39H2,(H,54,60)(H,55,61)(H,58,59). The maximum atomic E-state index is 13.7. The molecular weight excluding hydrogens is 823 g/mol. The number of ether oxygens (including phenoxy) is 4. The summed E-state index contributed by atoms with van der Waals surface area (Å²) in [5, 5.41) is 15.2. The van der Waals surface area contributed by atoms with Gasteiger partial charge in [-0.25, -0.2) is 0 Å². The molecule has 65 heavy (non-hydrogen) atoms. The zero-order valence-corrected chi connectivity index (χ0v) is 36.4. The number of benzene rings is 6. The minimum absolute atomic E-state index is 0.148. The number of carboxylic acids is 1. The van der Waals surface area contributed by atoms with Crippen LogP contribution in [0.5, 0.6) is 23.0 Å². The van der Waals surface area contributed by atoms with Gasteiger partial charge in [0.05, 0.1) is 17.5 Å². The molecule has 0 saturated heterocycles. The Labute approximate surface area is 380 Å². The molecule has 0 heterocycles. The van der Waals surface area contributed by atoms with Crippen molar-refractivity contribution in [2.24, 2.45) is 0 Å². The summed E-state index contributed by atoms with van der Waals surface area (Å²) >= 11 is 0. The SMILES string of the molecule is O=C(O)CCC(=O)N(CCCCNC(=O)c1cccc(OCc2ccccc2)c1OCc1ccccc1)CCCNC(=O)c1cccc(OCc2ccccc2)c1OCc1ccccc1. The fourth-order valence-corrected chi connectivity index (χ4v) is 6.87. The Balaban J connectivity index is 1.03. The number of carbonyl (C=O) groups is 4. The molecule has 3 N–H and O–H groups in total. The Morgan fingerprint density at radius 2 is 0.815 bits per heavy atom. The first-order valence-corrected chi connectivity index (χ1v) is 21.8. The van der Waals surface area contributed by atoms with E-state index in [4.69, 9.17) is 18.9 Å². The van der Waals surface area contributed by atoms with Crippen molar-refractivity contribution in [3.05, 3.63) is 191 Å². The molecule has 12 heteroatoms. The van der Waals surface area contributed by atoms with E-state index in [9.17, 15) is 24.3 Å². The van der Waals surface area contributed by atoms with Gasteiger partial charge in [0.2, 0.25) is 5.91 Å². The first kappa shape index (κ1) is 46.9. The second kappa shape index (κ2) is 25.5. The molecule has 0 fully saturated rings. The van der Waals surface area contributed by atoms with Crippen molar-refractivity contribution in [2.45, 2.75) is 58.5 Å². The van der Waals surface area contributed by atoms with Crippen molar-refractivity contribution < 1.29 is 43.2 Å². The third-order valence-electron chi connectivity index (χ3n) is 10.3. The topological polar surface area (TPSA) is 153 Å². The van der Waals surface area contributed by atoms with Crippen molar-refractivity contribution in [3.8, 4) is 23.0 Å². The molecule has 0 bridgehead atoms. The van der Waals surface area contributed by atoms with E-state index in [1.165, 1.54) is 0 Å². The van der Waals surface area contributed by atoms with Crippen molar-refractivity contribution in [1.82, 2.24) is 15.5 Å². The first-order valence-electron chi connectivity index (χ1n) is 21.8. The van der Waals surface area contributed by atoms with E-state index in [1.54, 1.807) is 41.3 Å². The van der Waals surface area contributed by atoms with Gasteiger partial charge >= 0.3 is 5.97 Å². The Bertz CT molecular complexity index is 2420. The van der Waals surface area contributed by atoms with Gasteiger partial charge in [-0.05, 0) is 65.8 Å². The third-order valence-corrected chi connectivity index (χ3v) is 10.3. The van der Waals surface area contributed by atoms with Crippen molar-refractivity contribution in [2.75, 3.05) is 26.2 Å². The Morgan fingerprint density at radius 1 is 0.431 bits per heavy atom. The van der Waals surface area contributed by atoms with Crippen LogP contribution in [0.3, 0.4) is 0 Å². The molecule has 0 aliphatic heterocycles. The van der Waals surface area contributed by atoms with E-state index in [-0.39, 0.29) is 56.9 Å². The maximum Gasteiger partial charge on any atom is 0.303 e. The van der Waals surface area contributed by atoms with Crippen LogP contribution in [-0.4, -0.2) is 59.9 Å². The van der Waals surface area contributed by atoms with Crippen LogP contribution in [0.15, 0.2) is 158 Å². The lowest BCUT2D eigenvalue weighted by molar-refractivity contribution is -0.141. The van der Waals surface area contributed by atoms with Crippen LogP contribution in [0, 0.1) is 0 Å². The van der Waals surface area contributed by atoms with Gasteiger partial charge in [-0.1, -0.05) is 133 Å². The molecule has 0 unspecified atom stereocenters. The summed E-state index contributed by atoms with van der Waals surface area (Å²) in [5.41, 5.74) is 4.45. The number of hydrogen-bond donors (Lipinski definition) is 3. The monoisotopic (exact) mass is 877 g/mol. The van der Waals surface area contributed by atoms with E-state index in [0.29, 0.717) is 79.6 Å². The summed E-state index contributed by atoms with van der Waals surface area (Å²) < 4.78 is 24.8. The molecule has 0 aliphatic carbocycles. The van der Waals surface area contributed by atoms with Crippen LogP contribution in [0.2, 0.25) is 0 Å². The van der Waals surface area contributed by atoms with Crippen molar-refractivity contribution in [3.63, 3.8) is 0 Å². The number of nitrogens with zero attached hydrogens (tertiary/aromatic N) is 1. The number of unbranched alkanes of at least 4 members (excludes halogenated alkanes) is 1. The Hall–Kier alpha value is -7.60. The predicted octanol–water partition coefficient (Wildman–Crippen LogP) is 9.03. The van der Waals surface area contributed by atoms with Crippen LogP contribution < -0.4 is 29.6 Å². The van der Waals surface area contributed by atoms with Crippen LogP contribution in [0.4, 0.5) is 0 Å². The first-order chi connectivity index (χ1) is 31.8. The third kappa shape index (κ3) is 15.3. The van der Waals surface area contributed by atoms with Gasteiger partial charge in [-0.3, -0.25) is 19.2 Å². The molecule has 0 spiro atoms. The van der Waals surface area contributed by atoms with Crippen LogP contribution in [-0.2, 0) is 36.0 Å². The van der Waals surface area contributed by atoms with Crippen LogP contribution in [0.1, 0.15) is 75.1 Å². The summed E-state index contributed by atoms with van der Waals surface area (Å²) in [6.07, 6.45) is 1.06. The van der Waals surface area contributed by atoms with E-state index in [2.05, 4.69) is 10.6 Å². The molecule has 0 aliphatic rings. The lowest BCUT2D eigenvalue weighted by Gasteiger charge is -2.23. The molecular formula is C53H55N3O9. The molecule has 12 nitrogen and oxygen atoms in total. The highest BCUT2D eigenvalue weighted by Gasteiger charge is 2.21. The van der Waals surface area contributed by atoms with Gasteiger partial charge in [0.1, 0.15) is 26.4 Å². The van der Waals surface area contributed by atoms with Crippen LogP contribution in [0.25, 0.3) is 0 Å². The highest BCUT2D eigenvalue weighted by molar-refractivity contribution is 5.98. The number of aliphatic carboxylic acids is 1. The lowest BCUT2D eigenvalue weighted by atomic mass is 10.1. The normalized spacial score (nSPS) is 10.6. The van der Waals surface area contributed by atoms with E-state index in [0.717, 1.165) is 22.3 Å². The molecule has 0 radical (unpaired) electrons. The summed E-state index contributed by atoms with van der Waals surface area (Å²) in [7, 11) is 0. The average molecular weight is 878 g/mol. The maximum absolute atomic E-state index is 13.7. The number of para-hydroxylation sites is 2. The van der Waals surface area contributed by atoms with Crippen LogP contribution >= 0.6 is 0 Å². The highest BCUT2D eigenvalue weighted by Crippen LogP contribution is 2.34. The fourth-order valence-electron chi connectivity index (χ4n) is 6.87. The van der Waals surface area contributed by atoms with Crippen molar-refractivity contribution in [1.29, 1.82) is 0 Å². The highest BCUT2D eigenvalue weighted by atomic mass is 16.5. The minimum Gasteiger partial charge on any atom is -0.485 e. The molecule has 336 valence electrons. The van der Waals surface area contributed by atoms with Crippen molar-refractivity contribution >= 4 is 23.7 Å². The van der Waals surface area contributed by atoms with Gasteiger partial charge in [0.25, 0.3) is 11.8 Å². The van der Waals surface area contributed by atoms with E-state index < -0.39 is 5.97 Å². The number of rotatable bonds is 26. The Kier molecular flexibility index (Phi) is 18.4. The molecule has 6 aromatic carbocycles. The zero-order valence-electron chi connectivity index (χ0n) is 36.4. The Morgan fingerprint density at radius 3 is 1.23 bits per heavy atom. The predicted molar refractivity (Wildman–Crippen MR) is 248 cm³/mol. The van der Waals surface area contributed by atoms with Gasteiger partial charge < -0.3 is 39.6 Å². The summed E-state index contributed by atoms with van der Waals surface area (Å²) in [4.78, 5) is 53.4. The molecule has 6 rings (SSSR count). The zero-order chi connectivity index (χ0) is 45.5. The molecule has 0 atom stereocenters. The second-order valence-electron chi connectivity index (χ2n) is 15.2. The molecule has 0 aromatic heterocycles. The van der Waals surface area contributed by atoms with E-state index in [1.807, 2.05) is 121 Å². The average Bonchev–Trinajstić information content (AvgIpc) is 3.34. The largest absolute Gasteiger partial charge is 0.485 e.